The molecule has 0 fully saturated rings. The van der Waals surface area contributed by atoms with Crippen molar-refractivity contribution in [1.82, 2.24) is 5.43 Å². The molecule has 0 radical (unpaired) electrons. The number of para-hydroxylation sites is 1. The first-order valence-corrected chi connectivity index (χ1v) is 5.46. The van der Waals surface area contributed by atoms with Crippen LogP contribution in [-0.4, -0.2) is 0 Å². The van der Waals surface area contributed by atoms with E-state index in [0.29, 0.717) is 0 Å². The molecule has 86 valence electrons. The van der Waals surface area contributed by atoms with Crippen LogP contribution >= 0.6 is 0 Å². The summed E-state index contributed by atoms with van der Waals surface area (Å²) in [6.45, 7) is 6.46. The molecule has 1 atom stereocenters. The number of fused-ring (bicyclic) bond motifs is 1. The second kappa shape index (κ2) is 3.92. The lowest BCUT2D eigenvalue weighted by Crippen LogP contribution is -2.36. The molecule has 0 aliphatic heterocycles. The molecule has 2 aromatic rings. The predicted octanol–water partition coefficient (Wildman–Crippen LogP) is 2.98. The third-order valence-electron chi connectivity index (χ3n) is 2.85. The maximum atomic E-state index is 5.65. The van der Waals surface area contributed by atoms with Crippen LogP contribution < -0.4 is 11.3 Å². The molecule has 0 aliphatic carbocycles. The van der Waals surface area contributed by atoms with Crippen molar-refractivity contribution in [3.8, 4) is 0 Å². The molecule has 0 bridgehead atoms. The lowest BCUT2D eigenvalue weighted by molar-refractivity contribution is 0.275. The molecule has 16 heavy (non-hydrogen) atoms. The van der Waals surface area contributed by atoms with Crippen molar-refractivity contribution in [1.29, 1.82) is 0 Å². The molecule has 3 nitrogen and oxygen atoms in total. The highest BCUT2D eigenvalue weighted by atomic mass is 16.3. The van der Waals surface area contributed by atoms with Gasteiger partial charge in [-0.3, -0.25) is 11.3 Å². The van der Waals surface area contributed by atoms with Crippen LogP contribution in [0.1, 0.15) is 32.4 Å². The first-order valence-electron chi connectivity index (χ1n) is 5.46. The van der Waals surface area contributed by atoms with Crippen LogP contribution in [0.15, 0.2) is 34.9 Å². The van der Waals surface area contributed by atoms with Gasteiger partial charge in [0.2, 0.25) is 0 Å². The van der Waals surface area contributed by atoms with E-state index < -0.39 is 0 Å². The van der Waals surface area contributed by atoms with Crippen LogP contribution in [0, 0.1) is 5.41 Å². The third kappa shape index (κ3) is 1.84. The van der Waals surface area contributed by atoms with Gasteiger partial charge >= 0.3 is 0 Å². The molecular weight excluding hydrogens is 200 g/mol. The van der Waals surface area contributed by atoms with Crippen molar-refractivity contribution < 1.29 is 4.42 Å². The van der Waals surface area contributed by atoms with Crippen LogP contribution in [0.5, 0.6) is 0 Å². The number of nitrogens with two attached hydrogens (primary N) is 1. The van der Waals surface area contributed by atoms with Gasteiger partial charge in [-0.05, 0) is 11.5 Å². The van der Waals surface area contributed by atoms with Gasteiger partial charge in [0.15, 0.2) is 0 Å². The summed E-state index contributed by atoms with van der Waals surface area (Å²) in [6, 6.07) is 8.09. The fourth-order valence-electron chi connectivity index (χ4n) is 2.03. The fourth-order valence-corrected chi connectivity index (χ4v) is 2.03. The number of rotatable bonds is 2. The standard InChI is InChI=1S/C13H18N2O/c1-13(2,3)12(15-14)10-8-16-11-7-5-4-6-9(10)11/h4-8,12,15H,14H2,1-3H3. The summed E-state index contributed by atoms with van der Waals surface area (Å²) in [7, 11) is 0. The summed E-state index contributed by atoms with van der Waals surface area (Å²) in [4.78, 5) is 0. The summed E-state index contributed by atoms with van der Waals surface area (Å²) in [5, 5.41) is 1.13. The number of hydrogen-bond donors (Lipinski definition) is 2. The van der Waals surface area contributed by atoms with Gasteiger partial charge in [-0.1, -0.05) is 39.0 Å². The second-order valence-corrected chi connectivity index (χ2v) is 5.15. The summed E-state index contributed by atoms with van der Waals surface area (Å²) in [6.07, 6.45) is 1.79. The number of hydrazine groups is 1. The Morgan fingerprint density at radius 1 is 1.25 bits per heavy atom. The lowest BCUT2D eigenvalue weighted by atomic mass is 9.83. The van der Waals surface area contributed by atoms with E-state index in [-0.39, 0.29) is 11.5 Å². The largest absolute Gasteiger partial charge is 0.464 e. The molecule has 0 aliphatic rings. The molecule has 1 aromatic carbocycles. The topological polar surface area (TPSA) is 51.2 Å². The van der Waals surface area contributed by atoms with E-state index in [1.54, 1.807) is 6.26 Å². The van der Waals surface area contributed by atoms with Crippen LogP contribution in [0.3, 0.4) is 0 Å². The molecule has 0 amide bonds. The molecule has 0 spiro atoms. The van der Waals surface area contributed by atoms with Gasteiger partial charge in [0.1, 0.15) is 5.58 Å². The Morgan fingerprint density at radius 2 is 1.94 bits per heavy atom. The predicted molar refractivity (Wildman–Crippen MR) is 65.7 cm³/mol. The Morgan fingerprint density at radius 3 is 2.56 bits per heavy atom. The lowest BCUT2D eigenvalue weighted by Gasteiger charge is -2.29. The molecule has 0 saturated heterocycles. The monoisotopic (exact) mass is 218 g/mol. The first kappa shape index (κ1) is 11.2. The molecule has 3 heteroatoms. The Labute approximate surface area is 95.6 Å². The minimum atomic E-state index is 0.0431. The van der Waals surface area contributed by atoms with E-state index >= 15 is 0 Å². The van der Waals surface area contributed by atoms with Crippen LogP contribution in [-0.2, 0) is 0 Å². The molecule has 2 rings (SSSR count). The Kier molecular flexibility index (Phi) is 2.74. The van der Waals surface area contributed by atoms with Crippen molar-refractivity contribution >= 4 is 11.0 Å². The van der Waals surface area contributed by atoms with Gasteiger partial charge in [0.25, 0.3) is 0 Å². The SMILES string of the molecule is CC(C)(C)C(NN)c1coc2ccccc12. The summed E-state index contributed by atoms with van der Waals surface area (Å²) >= 11 is 0. The van der Waals surface area contributed by atoms with Crippen molar-refractivity contribution in [2.75, 3.05) is 0 Å². The number of hydrogen-bond acceptors (Lipinski definition) is 3. The van der Waals surface area contributed by atoms with E-state index in [1.165, 1.54) is 0 Å². The smallest absolute Gasteiger partial charge is 0.134 e. The van der Waals surface area contributed by atoms with Gasteiger partial charge in [0.05, 0.1) is 12.3 Å². The number of nitrogens with one attached hydrogen (secondary N) is 1. The molecule has 3 N–H and O–H groups in total. The zero-order valence-electron chi connectivity index (χ0n) is 9.95. The van der Waals surface area contributed by atoms with Crippen molar-refractivity contribution in [2.24, 2.45) is 11.3 Å². The van der Waals surface area contributed by atoms with E-state index in [4.69, 9.17) is 10.3 Å². The zero-order chi connectivity index (χ0) is 11.8. The molecular formula is C13H18N2O. The Bertz CT molecular complexity index is 482. The molecule has 1 aromatic heterocycles. The van der Waals surface area contributed by atoms with Crippen LogP contribution in [0.2, 0.25) is 0 Å². The van der Waals surface area contributed by atoms with Crippen molar-refractivity contribution in [2.45, 2.75) is 26.8 Å². The highest BCUT2D eigenvalue weighted by molar-refractivity contribution is 5.81. The molecule has 1 heterocycles. The Balaban J connectivity index is 2.54. The van der Waals surface area contributed by atoms with Gasteiger partial charge in [-0.2, -0.15) is 0 Å². The zero-order valence-corrected chi connectivity index (χ0v) is 9.95. The van der Waals surface area contributed by atoms with E-state index in [2.05, 4.69) is 32.3 Å². The van der Waals surface area contributed by atoms with Gasteiger partial charge < -0.3 is 4.42 Å². The summed E-state index contributed by atoms with van der Waals surface area (Å²) in [5.74, 6) is 5.65. The van der Waals surface area contributed by atoms with E-state index in [9.17, 15) is 0 Å². The summed E-state index contributed by atoms with van der Waals surface area (Å²) in [5.41, 5.74) is 4.94. The number of furan rings is 1. The maximum absolute atomic E-state index is 5.65. The quantitative estimate of drug-likeness (QED) is 0.602. The van der Waals surface area contributed by atoms with Gasteiger partial charge in [-0.15, -0.1) is 0 Å². The van der Waals surface area contributed by atoms with Crippen LogP contribution in [0.25, 0.3) is 11.0 Å². The fraction of sp³-hybridized carbons (Fsp3) is 0.385. The van der Waals surface area contributed by atoms with Gasteiger partial charge in [0, 0.05) is 10.9 Å². The Hall–Kier alpha value is -1.32. The van der Waals surface area contributed by atoms with Crippen LogP contribution in [0.4, 0.5) is 0 Å². The summed E-state index contributed by atoms with van der Waals surface area (Å²) < 4.78 is 5.53. The van der Waals surface area contributed by atoms with Crippen molar-refractivity contribution in [3.63, 3.8) is 0 Å². The van der Waals surface area contributed by atoms with Gasteiger partial charge in [-0.25, -0.2) is 0 Å². The average Bonchev–Trinajstić information content (AvgIpc) is 2.61. The molecule has 0 saturated carbocycles. The normalized spacial score (nSPS) is 14.2. The molecule has 1 unspecified atom stereocenters. The van der Waals surface area contributed by atoms with E-state index in [0.717, 1.165) is 16.5 Å². The third-order valence-corrected chi connectivity index (χ3v) is 2.85. The first-order chi connectivity index (χ1) is 7.54. The minimum Gasteiger partial charge on any atom is -0.464 e. The highest BCUT2D eigenvalue weighted by Crippen LogP contribution is 2.36. The highest BCUT2D eigenvalue weighted by Gasteiger charge is 2.27. The maximum Gasteiger partial charge on any atom is 0.134 e. The van der Waals surface area contributed by atoms with Crippen molar-refractivity contribution in [3.05, 3.63) is 36.1 Å². The minimum absolute atomic E-state index is 0.0431. The average molecular weight is 218 g/mol. The van der Waals surface area contributed by atoms with E-state index in [1.807, 2.05) is 18.2 Å². The number of benzene rings is 1. The second-order valence-electron chi connectivity index (χ2n) is 5.15.